The third-order valence-electron chi connectivity index (χ3n) is 3.24. The van der Waals surface area contributed by atoms with Gasteiger partial charge in [0.25, 0.3) is 5.91 Å². The summed E-state index contributed by atoms with van der Waals surface area (Å²) in [7, 11) is 0. The zero-order chi connectivity index (χ0) is 17.5. The minimum Gasteiger partial charge on any atom is -0.489 e. The fourth-order valence-corrected chi connectivity index (χ4v) is 1.87. The normalized spacial score (nSPS) is 11.2. The van der Waals surface area contributed by atoms with E-state index in [-0.39, 0.29) is 6.61 Å². The summed E-state index contributed by atoms with van der Waals surface area (Å²) in [5.41, 5.74) is 6.69. The molecule has 24 heavy (non-hydrogen) atoms. The van der Waals surface area contributed by atoms with Crippen molar-refractivity contribution in [3.63, 3.8) is 0 Å². The molecule has 2 aromatic rings. The summed E-state index contributed by atoms with van der Waals surface area (Å²) in [6.45, 7) is 1.66. The van der Waals surface area contributed by atoms with Crippen LogP contribution in [0.3, 0.4) is 0 Å². The maximum atomic E-state index is 12.0. The highest BCUT2D eigenvalue weighted by molar-refractivity contribution is 5.92. The first kappa shape index (κ1) is 17.0. The molecule has 0 aliphatic rings. The predicted octanol–water partition coefficient (Wildman–Crippen LogP) is 2.17. The highest BCUT2D eigenvalue weighted by Crippen LogP contribution is 2.15. The molecular formula is C18H16N2O4. The van der Waals surface area contributed by atoms with Crippen molar-refractivity contribution in [2.75, 3.05) is 0 Å². The average Bonchev–Trinajstić information content (AvgIpc) is 2.60. The lowest BCUT2D eigenvalue weighted by Crippen LogP contribution is -2.30. The molecule has 0 aliphatic heterocycles. The van der Waals surface area contributed by atoms with Gasteiger partial charge in [-0.25, -0.2) is 4.79 Å². The zero-order valence-electron chi connectivity index (χ0n) is 13.1. The number of nitrogens with zero attached hydrogens (tertiary/aromatic N) is 1. The van der Waals surface area contributed by atoms with Crippen LogP contribution in [-0.4, -0.2) is 18.0 Å². The van der Waals surface area contributed by atoms with E-state index < -0.39 is 18.0 Å². The van der Waals surface area contributed by atoms with Gasteiger partial charge in [0, 0.05) is 0 Å². The average molecular weight is 324 g/mol. The maximum Gasteiger partial charge on any atom is 0.338 e. The first-order chi connectivity index (χ1) is 11.5. The van der Waals surface area contributed by atoms with Gasteiger partial charge in [0.2, 0.25) is 0 Å². The van der Waals surface area contributed by atoms with Gasteiger partial charge in [0.1, 0.15) is 12.4 Å². The zero-order valence-corrected chi connectivity index (χ0v) is 13.1. The van der Waals surface area contributed by atoms with E-state index in [2.05, 4.69) is 0 Å². The number of benzene rings is 2. The molecule has 0 saturated carbocycles. The second-order valence-electron chi connectivity index (χ2n) is 5.08. The van der Waals surface area contributed by atoms with E-state index >= 15 is 0 Å². The number of nitriles is 1. The summed E-state index contributed by atoms with van der Waals surface area (Å²) in [6, 6.07) is 15.5. The Morgan fingerprint density at radius 3 is 2.54 bits per heavy atom. The molecule has 1 atom stereocenters. The van der Waals surface area contributed by atoms with E-state index in [0.717, 1.165) is 5.56 Å². The van der Waals surface area contributed by atoms with Crippen LogP contribution in [0, 0.1) is 11.3 Å². The van der Waals surface area contributed by atoms with E-state index in [9.17, 15) is 9.59 Å². The van der Waals surface area contributed by atoms with Crippen molar-refractivity contribution in [2.24, 2.45) is 5.73 Å². The molecule has 1 unspecified atom stereocenters. The third-order valence-corrected chi connectivity index (χ3v) is 3.24. The lowest BCUT2D eigenvalue weighted by Gasteiger charge is -2.11. The van der Waals surface area contributed by atoms with Gasteiger partial charge in [-0.15, -0.1) is 0 Å². The van der Waals surface area contributed by atoms with Gasteiger partial charge < -0.3 is 15.2 Å². The number of nitrogens with two attached hydrogens (primary N) is 1. The van der Waals surface area contributed by atoms with Crippen molar-refractivity contribution < 1.29 is 19.1 Å². The first-order valence-corrected chi connectivity index (χ1v) is 7.22. The van der Waals surface area contributed by atoms with E-state index in [1.807, 2.05) is 6.07 Å². The monoisotopic (exact) mass is 324 g/mol. The Balaban J connectivity index is 2.00. The lowest BCUT2D eigenvalue weighted by molar-refractivity contribution is -0.125. The summed E-state index contributed by atoms with van der Waals surface area (Å²) in [5, 5.41) is 8.75. The highest BCUT2D eigenvalue weighted by Gasteiger charge is 2.16. The van der Waals surface area contributed by atoms with Crippen LogP contribution < -0.4 is 10.5 Å². The number of primary amides is 1. The van der Waals surface area contributed by atoms with E-state index in [1.165, 1.54) is 6.92 Å². The van der Waals surface area contributed by atoms with Crippen molar-refractivity contribution in [3.05, 3.63) is 65.2 Å². The molecule has 1 amide bonds. The molecule has 6 nitrogen and oxygen atoms in total. The van der Waals surface area contributed by atoms with Crippen molar-refractivity contribution >= 4 is 11.9 Å². The molecule has 0 heterocycles. The van der Waals surface area contributed by atoms with Gasteiger partial charge in [0.05, 0.1) is 17.2 Å². The molecule has 6 heteroatoms. The summed E-state index contributed by atoms with van der Waals surface area (Å²) < 4.78 is 10.6. The molecule has 122 valence electrons. The fourth-order valence-electron chi connectivity index (χ4n) is 1.87. The number of esters is 1. The number of ether oxygens (including phenoxy) is 2. The Morgan fingerprint density at radius 2 is 1.92 bits per heavy atom. The predicted molar refractivity (Wildman–Crippen MR) is 86.0 cm³/mol. The number of carbonyl (C=O) groups is 2. The molecule has 2 aromatic carbocycles. The van der Waals surface area contributed by atoms with Crippen LogP contribution in [0.15, 0.2) is 48.5 Å². The van der Waals surface area contributed by atoms with E-state index in [0.29, 0.717) is 16.9 Å². The van der Waals surface area contributed by atoms with Gasteiger partial charge in [-0.2, -0.15) is 5.26 Å². The van der Waals surface area contributed by atoms with Crippen LogP contribution >= 0.6 is 0 Å². The second kappa shape index (κ2) is 7.79. The van der Waals surface area contributed by atoms with Gasteiger partial charge in [-0.05, 0) is 48.9 Å². The van der Waals surface area contributed by atoms with Gasteiger partial charge in [-0.1, -0.05) is 12.1 Å². The van der Waals surface area contributed by atoms with Crippen LogP contribution in [0.1, 0.15) is 28.4 Å². The number of hydrogen-bond acceptors (Lipinski definition) is 5. The number of carbonyl (C=O) groups excluding carboxylic acids is 2. The van der Waals surface area contributed by atoms with Crippen molar-refractivity contribution in [1.82, 2.24) is 0 Å². The molecule has 0 aliphatic carbocycles. The minimum atomic E-state index is -0.990. The summed E-state index contributed by atoms with van der Waals surface area (Å²) >= 11 is 0. The molecule has 0 bridgehead atoms. The fraction of sp³-hybridized carbons (Fsp3) is 0.167. The largest absolute Gasteiger partial charge is 0.489 e. The molecule has 2 rings (SSSR count). The van der Waals surface area contributed by atoms with Crippen LogP contribution in [0.4, 0.5) is 0 Å². The summed E-state index contributed by atoms with van der Waals surface area (Å²) in [5.74, 6) is -0.713. The molecule has 0 fully saturated rings. The molecule has 0 saturated heterocycles. The topological polar surface area (TPSA) is 102 Å². The maximum absolute atomic E-state index is 12.0. The van der Waals surface area contributed by atoms with Crippen molar-refractivity contribution in [2.45, 2.75) is 19.6 Å². The van der Waals surface area contributed by atoms with Crippen molar-refractivity contribution in [3.8, 4) is 11.8 Å². The minimum absolute atomic E-state index is 0.248. The molecular weight excluding hydrogens is 308 g/mol. The summed E-state index contributed by atoms with van der Waals surface area (Å²) in [4.78, 5) is 22.9. The highest BCUT2D eigenvalue weighted by atomic mass is 16.5. The van der Waals surface area contributed by atoms with Gasteiger partial charge in [0.15, 0.2) is 6.10 Å². The van der Waals surface area contributed by atoms with Crippen LogP contribution in [0.2, 0.25) is 0 Å². The Hall–Kier alpha value is -3.33. The number of hydrogen-bond donors (Lipinski definition) is 1. The quantitative estimate of drug-likeness (QED) is 0.820. The Labute approximate surface area is 139 Å². The van der Waals surface area contributed by atoms with Crippen LogP contribution in [0.5, 0.6) is 5.75 Å². The molecule has 2 N–H and O–H groups in total. The van der Waals surface area contributed by atoms with Gasteiger partial charge in [-0.3, -0.25) is 4.79 Å². The lowest BCUT2D eigenvalue weighted by atomic mass is 10.1. The molecule has 0 radical (unpaired) electrons. The Bertz CT molecular complexity index is 778. The number of amides is 1. The third kappa shape index (κ3) is 4.58. The Kier molecular flexibility index (Phi) is 5.53. The standard InChI is InChI=1S/C18H16N2O4/c1-12(17(20)21)24-18(22)15-4-2-3-14(9-15)11-23-16-7-5-13(10-19)6-8-16/h2-9,12H,11H2,1H3,(H2,20,21). The SMILES string of the molecule is CC(OC(=O)c1cccc(COc2ccc(C#N)cc2)c1)C(N)=O. The van der Waals surface area contributed by atoms with Crippen LogP contribution in [-0.2, 0) is 16.1 Å². The van der Waals surface area contributed by atoms with Gasteiger partial charge >= 0.3 is 5.97 Å². The second-order valence-corrected chi connectivity index (χ2v) is 5.08. The molecule has 0 aromatic heterocycles. The number of rotatable bonds is 6. The van der Waals surface area contributed by atoms with Crippen LogP contribution in [0.25, 0.3) is 0 Å². The first-order valence-electron chi connectivity index (χ1n) is 7.22. The van der Waals surface area contributed by atoms with Crippen molar-refractivity contribution in [1.29, 1.82) is 5.26 Å². The van der Waals surface area contributed by atoms with E-state index in [4.69, 9.17) is 20.5 Å². The molecule has 0 spiro atoms. The smallest absolute Gasteiger partial charge is 0.338 e. The Morgan fingerprint density at radius 1 is 1.21 bits per heavy atom. The summed E-state index contributed by atoms with van der Waals surface area (Å²) in [6.07, 6.45) is -0.990. The van der Waals surface area contributed by atoms with E-state index in [1.54, 1.807) is 48.5 Å².